The Bertz CT molecular complexity index is 446. The Morgan fingerprint density at radius 1 is 1.18 bits per heavy atom. The molecule has 3 rings (SSSR count). The molecule has 1 fully saturated rings. The van der Waals surface area contributed by atoms with Crippen molar-refractivity contribution in [2.45, 2.75) is 37.4 Å². The molecular weight excluding hydrogens is 227 g/mol. The zero-order valence-electron chi connectivity index (χ0n) is 9.40. The number of nitrogens with one attached hydrogen (secondary N) is 1. The van der Waals surface area contributed by atoms with Gasteiger partial charge in [-0.2, -0.15) is 13.2 Å². The molecule has 0 saturated heterocycles. The predicted molar refractivity (Wildman–Crippen MR) is 58.7 cm³/mol. The summed E-state index contributed by atoms with van der Waals surface area (Å²) in [6.45, 7) is 1.16. The maximum Gasteiger partial charge on any atom is 0.416 e. The van der Waals surface area contributed by atoms with Crippen LogP contribution in [0.3, 0.4) is 0 Å². The molecule has 0 unspecified atom stereocenters. The highest BCUT2D eigenvalue weighted by Gasteiger charge is 2.44. The zero-order valence-corrected chi connectivity index (χ0v) is 9.40. The Morgan fingerprint density at radius 2 is 1.94 bits per heavy atom. The lowest BCUT2D eigenvalue weighted by molar-refractivity contribution is -0.138. The average Bonchev–Trinajstić information content (AvgIpc) is 2.24. The molecule has 1 aromatic rings. The molecule has 1 aliphatic carbocycles. The topological polar surface area (TPSA) is 12.0 Å². The molecule has 0 amide bonds. The van der Waals surface area contributed by atoms with Gasteiger partial charge in [-0.15, -0.1) is 0 Å². The number of benzene rings is 1. The summed E-state index contributed by atoms with van der Waals surface area (Å²) in [4.78, 5) is 0. The van der Waals surface area contributed by atoms with Crippen molar-refractivity contribution in [2.75, 3.05) is 6.54 Å². The van der Waals surface area contributed by atoms with Gasteiger partial charge in [-0.1, -0.05) is 18.6 Å². The summed E-state index contributed by atoms with van der Waals surface area (Å²) in [7, 11) is 0. The van der Waals surface area contributed by atoms with Gasteiger partial charge >= 0.3 is 6.18 Å². The van der Waals surface area contributed by atoms with E-state index in [-0.39, 0.29) is 5.41 Å². The number of alkyl halides is 3. The molecule has 17 heavy (non-hydrogen) atoms. The molecule has 4 heteroatoms. The van der Waals surface area contributed by atoms with Gasteiger partial charge in [-0.3, -0.25) is 0 Å². The fourth-order valence-electron chi connectivity index (χ4n) is 3.11. The molecule has 1 nitrogen and oxygen atoms in total. The van der Waals surface area contributed by atoms with Crippen LogP contribution in [0.5, 0.6) is 0 Å². The number of halogens is 3. The minimum absolute atomic E-state index is 0.0190. The van der Waals surface area contributed by atoms with Crippen molar-refractivity contribution < 1.29 is 13.2 Å². The van der Waals surface area contributed by atoms with E-state index in [1.54, 1.807) is 6.07 Å². The monoisotopic (exact) mass is 241 g/mol. The first kappa shape index (κ1) is 11.1. The van der Waals surface area contributed by atoms with Crippen LogP contribution in [0.25, 0.3) is 0 Å². The normalized spacial score (nSPS) is 22.1. The quantitative estimate of drug-likeness (QED) is 0.735. The van der Waals surface area contributed by atoms with E-state index in [9.17, 15) is 13.2 Å². The maximum atomic E-state index is 12.9. The predicted octanol–water partition coefficient (Wildman–Crippen LogP) is 3.23. The van der Waals surface area contributed by atoms with Crippen molar-refractivity contribution >= 4 is 0 Å². The van der Waals surface area contributed by atoms with E-state index in [2.05, 4.69) is 5.32 Å². The maximum absolute atomic E-state index is 12.9. The van der Waals surface area contributed by atoms with Crippen LogP contribution in [0.4, 0.5) is 13.2 Å². The summed E-state index contributed by atoms with van der Waals surface area (Å²) in [6, 6.07) is 4.62. The summed E-state index contributed by atoms with van der Waals surface area (Å²) in [5, 5.41) is 3.15. The Morgan fingerprint density at radius 3 is 2.53 bits per heavy atom. The fourth-order valence-corrected chi connectivity index (χ4v) is 3.11. The van der Waals surface area contributed by atoms with E-state index in [0.29, 0.717) is 12.1 Å². The van der Waals surface area contributed by atoms with Crippen molar-refractivity contribution in [3.63, 3.8) is 0 Å². The van der Waals surface area contributed by atoms with Crippen LogP contribution in [0.2, 0.25) is 0 Å². The van der Waals surface area contributed by atoms with Crippen LogP contribution in [0.15, 0.2) is 18.2 Å². The van der Waals surface area contributed by atoms with Crippen LogP contribution in [0.1, 0.15) is 36.0 Å². The molecule has 92 valence electrons. The van der Waals surface area contributed by atoms with E-state index in [1.165, 1.54) is 6.07 Å². The highest BCUT2D eigenvalue weighted by atomic mass is 19.4. The van der Waals surface area contributed by atoms with E-state index >= 15 is 0 Å². The Hall–Kier alpha value is -1.03. The van der Waals surface area contributed by atoms with Crippen molar-refractivity contribution in [1.29, 1.82) is 0 Å². The van der Waals surface area contributed by atoms with Crippen LogP contribution >= 0.6 is 0 Å². The second-order valence-electron chi connectivity index (χ2n) is 5.07. The van der Waals surface area contributed by atoms with Crippen LogP contribution in [0, 0.1) is 0 Å². The van der Waals surface area contributed by atoms with E-state index in [0.717, 1.165) is 31.4 Å². The molecule has 2 aliphatic rings. The van der Waals surface area contributed by atoms with Crippen molar-refractivity contribution in [3.05, 3.63) is 34.9 Å². The largest absolute Gasteiger partial charge is 0.416 e. The number of rotatable bonds is 0. The number of hydrogen-bond donors (Lipinski definition) is 1. The van der Waals surface area contributed by atoms with Crippen molar-refractivity contribution in [3.8, 4) is 0 Å². The third-order valence-corrected chi connectivity index (χ3v) is 4.13. The smallest absolute Gasteiger partial charge is 0.312 e. The minimum Gasteiger partial charge on any atom is -0.312 e. The standard InChI is InChI=1S/C13H14F3N/c14-13(15,16)11-4-1-3-10-9(11)7-17-8-12(10)5-2-6-12/h1,3-4,17H,2,5-8H2. The average molecular weight is 241 g/mol. The lowest BCUT2D eigenvalue weighted by Crippen LogP contribution is -2.48. The molecule has 0 atom stereocenters. The van der Waals surface area contributed by atoms with Crippen LogP contribution in [-0.2, 0) is 18.1 Å². The zero-order chi connectivity index (χ0) is 12.1. The summed E-state index contributed by atoms with van der Waals surface area (Å²) < 4.78 is 38.8. The molecule has 0 radical (unpaired) electrons. The van der Waals surface area contributed by atoms with Gasteiger partial charge in [-0.05, 0) is 30.0 Å². The number of fused-ring (bicyclic) bond motifs is 2. The summed E-state index contributed by atoms with van der Waals surface area (Å²) >= 11 is 0. The highest BCUT2D eigenvalue weighted by molar-refractivity contribution is 5.44. The van der Waals surface area contributed by atoms with Gasteiger partial charge in [-0.25, -0.2) is 0 Å². The first-order valence-corrected chi connectivity index (χ1v) is 5.93. The van der Waals surface area contributed by atoms with Crippen LogP contribution < -0.4 is 5.32 Å². The first-order chi connectivity index (χ1) is 8.03. The molecule has 0 aromatic heterocycles. The molecule has 1 saturated carbocycles. The van der Waals surface area contributed by atoms with Gasteiger partial charge < -0.3 is 5.32 Å². The summed E-state index contributed by atoms with van der Waals surface area (Å²) in [6.07, 6.45) is -1.10. The Labute approximate surface area is 98.0 Å². The lowest BCUT2D eigenvalue weighted by Gasteiger charge is -2.47. The third-order valence-electron chi connectivity index (χ3n) is 4.13. The third kappa shape index (κ3) is 1.58. The van der Waals surface area contributed by atoms with Gasteiger partial charge in [0.25, 0.3) is 0 Å². The van der Waals surface area contributed by atoms with Gasteiger partial charge in [0, 0.05) is 18.5 Å². The Balaban J connectivity index is 2.14. The molecule has 1 aliphatic heterocycles. The Kier molecular flexibility index (Phi) is 2.27. The van der Waals surface area contributed by atoms with E-state index in [4.69, 9.17) is 0 Å². The number of hydrogen-bond acceptors (Lipinski definition) is 1. The second-order valence-corrected chi connectivity index (χ2v) is 5.07. The van der Waals surface area contributed by atoms with Crippen LogP contribution in [-0.4, -0.2) is 6.54 Å². The molecule has 1 N–H and O–H groups in total. The van der Waals surface area contributed by atoms with E-state index < -0.39 is 11.7 Å². The van der Waals surface area contributed by atoms with Crippen molar-refractivity contribution in [1.82, 2.24) is 5.32 Å². The minimum atomic E-state index is -4.24. The molecule has 0 bridgehead atoms. The van der Waals surface area contributed by atoms with Gasteiger partial charge in [0.15, 0.2) is 0 Å². The van der Waals surface area contributed by atoms with Gasteiger partial charge in [0.05, 0.1) is 5.56 Å². The lowest BCUT2D eigenvalue weighted by atomic mass is 9.61. The highest BCUT2D eigenvalue weighted by Crippen LogP contribution is 2.48. The van der Waals surface area contributed by atoms with Gasteiger partial charge in [0.1, 0.15) is 0 Å². The SMILES string of the molecule is FC(F)(F)c1cccc2c1CNCC21CCC1. The molecular formula is C13H14F3N. The van der Waals surface area contributed by atoms with E-state index in [1.807, 2.05) is 6.07 Å². The fraction of sp³-hybridized carbons (Fsp3) is 0.538. The molecule has 1 heterocycles. The van der Waals surface area contributed by atoms with Crippen molar-refractivity contribution in [2.24, 2.45) is 0 Å². The second kappa shape index (κ2) is 3.48. The summed E-state index contributed by atoms with van der Waals surface area (Å²) in [5.41, 5.74) is 0.909. The molecule has 1 aromatic carbocycles. The summed E-state index contributed by atoms with van der Waals surface area (Å²) in [5.74, 6) is 0. The van der Waals surface area contributed by atoms with Gasteiger partial charge in [0.2, 0.25) is 0 Å². The first-order valence-electron chi connectivity index (χ1n) is 5.93. The molecule has 1 spiro atoms.